The number of carbonyl (C=O) groups excluding carboxylic acids is 3. The third-order valence-corrected chi connectivity index (χ3v) is 5.39. The number of benzene rings is 3. The third kappa shape index (κ3) is 2.64. The zero-order chi connectivity index (χ0) is 20.1. The molecule has 0 aliphatic carbocycles. The first-order valence-corrected chi connectivity index (χ1v) is 9.29. The average Bonchev–Trinajstić information content (AvgIpc) is 3.18. The van der Waals surface area contributed by atoms with E-state index in [9.17, 15) is 14.4 Å². The minimum Gasteiger partial charge on any atom is -0.386 e. The fraction of sp³-hybridized carbons (Fsp3) is 0.130. The van der Waals surface area contributed by atoms with Crippen LogP contribution in [0.4, 0.5) is 0 Å². The van der Waals surface area contributed by atoms with Crippen molar-refractivity contribution in [2.45, 2.75) is 19.4 Å². The number of hydrazone groups is 1. The molecule has 0 aromatic heterocycles. The lowest BCUT2D eigenvalue weighted by molar-refractivity contribution is -0.130. The molecule has 0 spiro atoms. The molecule has 0 fully saturated rings. The Morgan fingerprint density at radius 2 is 1.62 bits per heavy atom. The van der Waals surface area contributed by atoms with Crippen LogP contribution in [0.25, 0.3) is 10.8 Å². The van der Waals surface area contributed by atoms with E-state index in [1.807, 2.05) is 42.5 Å². The predicted molar refractivity (Wildman–Crippen MR) is 107 cm³/mol. The molecule has 2 aliphatic rings. The van der Waals surface area contributed by atoms with Gasteiger partial charge in [-0.3, -0.25) is 4.79 Å². The minimum atomic E-state index is -0.647. The predicted octanol–water partition coefficient (Wildman–Crippen LogP) is 3.85. The molecule has 0 bridgehead atoms. The summed E-state index contributed by atoms with van der Waals surface area (Å²) in [4.78, 5) is 36.6. The Bertz CT molecular complexity index is 1210. The van der Waals surface area contributed by atoms with E-state index < -0.39 is 11.9 Å². The molecule has 142 valence electrons. The summed E-state index contributed by atoms with van der Waals surface area (Å²) in [6.07, 6.45) is 0.542. The lowest BCUT2D eigenvalue weighted by atomic mass is 9.90. The second-order valence-corrected chi connectivity index (χ2v) is 7.11. The smallest absolute Gasteiger partial charge is 0.346 e. The molecule has 6 nitrogen and oxygen atoms in total. The fourth-order valence-corrected chi connectivity index (χ4v) is 4.09. The Morgan fingerprint density at radius 1 is 0.931 bits per heavy atom. The van der Waals surface area contributed by atoms with Gasteiger partial charge >= 0.3 is 11.9 Å². The Labute approximate surface area is 166 Å². The summed E-state index contributed by atoms with van der Waals surface area (Å²) in [5, 5.41) is 7.43. The van der Waals surface area contributed by atoms with E-state index in [4.69, 9.17) is 4.74 Å². The van der Waals surface area contributed by atoms with E-state index in [-0.39, 0.29) is 11.9 Å². The van der Waals surface area contributed by atoms with E-state index in [0.29, 0.717) is 22.9 Å². The number of hydrogen-bond donors (Lipinski definition) is 0. The molecule has 0 saturated heterocycles. The van der Waals surface area contributed by atoms with Gasteiger partial charge in [-0.15, -0.1) is 0 Å². The Balaban J connectivity index is 1.67. The number of esters is 2. The highest BCUT2D eigenvalue weighted by molar-refractivity contribution is 6.24. The largest absolute Gasteiger partial charge is 0.386 e. The summed E-state index contributed by atoms with van der Waals surface area (Å²) in [5.41, 5.74) is 3.27. The molecule has 2 heterocycles. The molecule has 1 unspecified atom stereocenters. The minimum absolute atomic E-state index is 0.143. The van der Waals surface area contributed by atoms with Gasteiger partial charge in [-0.25, -0.2) is 14.6 Å². The average molecular weight is 384 g/mol. The second kappa shape index (κ2) is 6.38. The van der Waals surface area contributed by atoms with Crippen LogP contribution in [0.5, 0.6) is 0 Å². The van der Waals surface area contributed by atoms with Gasteiger partial charge in [0, 0.05) is 24.3 Å². The normalized spacial score (nSPS) is 18.0. The Kier molecular flexibility index (Phi) is 3.81. The first-order chi connectivity index (χ1) is 14.0. The van der Waals surface area contributed by atoms with Crippen molar-refractivity contribution in [1.29, 1.82) is 0 Å². The van der Waals surface area contributed by atoms with Gasteiger partial charge in [-0.05, 0) is 23.1 Å². The Morgan fingerprint density at radius 3 is 2.34 bits per heavy atom. The molecule has 6 heteroatoms. The highest BCUT2D eigenvalue weighted by atomic mass is 16.6. The standard InChI is InChI=1S/C23H16N2O4/c1-13(26)25-20(14-6-3-2-4-7-14)12-19(24-25)15-10-11-18-21-16(15)8-5-9-17(21)22(27)29-23(18)28/h2-11,20H,12H2,1H3. The highest BCUT2D eigenvalue weighted by Gasteiger charge is 2.33. The molecule has 3 aromatic carbocycles. The quantitative estimate of drug-likeness (QED) is 0.497. The van der Waals surface area contributed by atoms with Gasteiger partial charge < -0.3 is 4.74 Å². The van der Waals surface area contributed by atoms with Gasteiger partial charge in [0.05, 0.1) is 22.9 Å². The molecule has 0 saturated carbocycles. The van der Waals surface area contributed by atoms with Crippen LogP contribution in [0.3, 0.4) is 0 Å². The highest BCUT2D eigenvalue weighted by Crippen LogP contribution is 2.37. The summed E-state index contributed by atoms with van der Waals surface area (Å²) >= 11 is 0. The number of amides is 1. The number of hydrogen-bond acceptors (Lipinski definition) is 5. The molecular weight excluding hydrogens is 368 g/mol. The fourth-order valence-electron chi connectivity index (χ4n) is 4.09. The molecule has 5 rings (SSSR count). The number of nitrogens with zero attached hydrogens (tertiary/aromatic N) is 2. The van der Waals surface area contributed by atoms with Crippen molar-refractivity contribution in [3.63, 3.8) is 0 Å². The van der Waals surface area contributed by atoms with Gasteiger partial charge in [0.25, 0.3) is 0 Å². The summed E-state index contributed by atoms with van der Waals surface area (Å²) in [6, 6.07) is 18.3. The zero-order valence-corrected chi connectivity index (χ0v) is 15.6. The summed E-state index contributed by atoms with van der Waals surface area (Å²) in [7, 11) is 0. The lowest BCUT2D eigenvalue weighted by Crippen LogP contribution is -2.24. The van der Waals surface area contributed by atoms with Crippen molar-refractivity contribution in [2.24, 2.45) is 5.10 Å². The van der Waals surface area contributed by atoms with Crippen molar-refractivity contribution in [3.05, 3.63) is 82.9 Å². The summed E-state index contributed by atoms with van der Waals surface area (Å²) < 4.78 is 4.83. The number of cyclic esters (lactones) is 2. The van der Waals surface area contributed by atoms with E-state index in [1.165, 1.54) is 11.9 Å². The van der Waals surface area contributed by atoms with Gasteiger partial charge in [0.15, 0.2) is 0 Å². The van der Waals surface area contributed by atoms with Crippen LogP contribution in [0, 0.1) is 0 Å². The van der Waals surface area contributed by atoms with Gasteiger partial charge in [-0.2, -0.15) is 5.10 Å². The van der Waals surface area contributed by atoms with Gasteiger partial charge in [0.2, 0.25) is 5.91 Å². The number of carbonyl (C=O) groups is 3. The van der Waals surface area contributed by atoms with E-state index >= 15 is 0 Å². The first kappa shape index (κ1) is 17.3. The number of rotatable bonds is 2. The van der Waals surface area contributed by atoms with E-state index in [2.05, 4.69) is 5.10 Å². The molecule has 3 aromatic rings. The first-order valence-electron chi connectivity index (χ1n) is 9.29. The Hall–Kier alpha value is -3.80. The van der Waals surface area contributed by atoms with Gasteiger partial charge in [-0.1, -0.05) is 48.5 Å². The zero-order valence-electron chi connectivity index (χ0n) is 15.6. The second-order valence-electron chi connectivity index (χ2n) is 7.11. The molecular formula is C23H16N2O4. The molecule has 0 radical (unpaired) electrons. The van der Waals surface area contributed by atoms with Crippen molar-refractivity contribution < 1.29 is 19.1 Å². The molecule has 1 atom stereocenters. The molecule has 2 aliphatic heterocycles. The molecule has 29 heavy (non-hydrogen) atoms. The van der Waals surface area contributed by atoms with Crippen LogP contribution in [-0.4, -0.2) is 28.6 Å². The van der Waals surface area contributed by atoms with Crippen LogP contribution >= 0.6 is 0 Å². The van der Waals surface area contributed by atoms with Crippen LogP contribution in [-0.2, 0) is 9.53 Å². The molecule has 0 N–H and O–H groups in total. The monoisotopic (exact) mass is 384 g/mol. The van der Waals surface area contributed by atoms with Gasteiger partial charge in [0.1, 0.15) is 0 Å². The summed E-state index contributed by atoms with van der Waals surface area (Å²) in [6.45, 7) is 1.49. The van der Waals surface area contributed by atoms with E-state index in [1.54, 1.807) is 18.2 Å². The lowest BCUT2D eigenvalue weighted by Gasteiger charge is -2.20. The maximum Gasteiger partial charge on any atom is 0.346 e. The van der Waals surface area contributed by atoms with Crippen molar-refractivity contribution in [3.8, 4) is 0 Å². The van der Waals surface area contributed by atoms with Crippen molar-refractivity contribution >= 4 is 34.3 Å². The third-order valence-electron chi connectivity index (χ3n) is 5.39. The van der Waals surface area contributed by atoms with E-state index in [0.717, 1.165) is 22.2 Å². The maximum atomic E-state index is 12.2. The van der Waals surface area contributed by atoms with Crippen LogP contribution in [0.2, 0.25) is 0 Å². The van der Waals surface area contributed by atoms with Crippen LogP contribution in [0.15, 0.2) is 65.8 Å². The van der Waals surface area contributed by atoms with Crippen molar-refractivity contribution in [2.75, 3.05) is 0 Å². The SMILES string of the molecule is CC(=O)N1N=C(c2ccc3c4c(cccc24)C(=O)OC3=O)CC1c1ccccc1. The summed E-state index contributed by atoms with van der Waals surface area (Å²) in [5.74, 6) is -1.44. The van der Waals surface area contributed by atoms with Crippen molar-refractivity contribution in [1.82, 2.24) is 5.01 Å². The maximum absolute atomic E-state index is 12.2. The topological polar surface area (TPSA) is 76.0 Å². The molecule has 1 amide bonds. The number of ether oxygens (including phenoxy) is 1. The van der Waals surface area contributed by atoms with Crippen LogP contribution in [0.1, 0.15) is 51.2 Å². The van der Waals surface area contributed by atoms with Crippen LogP contribution < -0.4 is 0 Å².